The number of ketones is 1. The highest BCUT2D eigenvalue weighted by Gasteiger charge is 2.76. The molecule has 274 valence electrons. The van der Waals surface area contributed by atoms with Crippen molar-refractivity contribution in [1.82, 2.24) is 0 Å². The number of aliphatic hydroxyl groups is 6. The highest BCUT2D eigenvalue weighted by molar-refractivity contribution is 5.96. The minimum absolute atomic E-state index is 0.0310. The fourth-order valence-corrected chi connectivity index (χ4v) is 11.2. The van der Waals surface area contributed by atoms with E-state index in [-0.39, 0.29) is 67.7 Å². The summed E-state index contributed by atoms with van der Waals surface area (Å²) in [5.41, 5.74) is -3.96. The highest BCUT2D eigenvalue weighted by Crippen LogP contribution is 2.72. The molecule has 1 aromatic rings. The van der Waals surface area contributed by atoms with Gasteiger partial charge >= 0.3 is 0 Å². The van der Waals surface area contributed by atoms with Gasteiger partial charge in [0, 0.05) is 61.9 Å². The van der Waals surface area contributed by atoms with Gasteiger partial charge in [0.15, 0.2) is 5.78 Å². The van der Waals surface area contributed by atoms with E-state index in [9.17, 15) is 45.6 Å². The number of ether oxygens (including phenoxy) is 2. The summed E-state index contributed by atoms with van der Waals surface area (Å²) in [6.45, 7) is 9.61. The zero-order valence-electron chi connectivity index (χ0n) is 29.3. The van der Waals surface area contributed by atoms with Crippen molar-refractivity contribution in [2.24, 2.45) is 40.4 Å². The molecule has 8 N–H and O–H groups in total. The summed E-state index contributed by atoms with van der Waals surface area (Å²) in [4.78, 5) is 14.5. The molecule has 0 spiro atoms. The summed E-state index contributed by atoms with van der Waals surface area (Å²) in [6.07, 6.45) is -1.17. The van der Waals surface area contributed by atoms with Crippen molar-refractivity contribution in [1.29, 1.82) is 0 Å². The van der Waals surface area contributed by atoms with Crippen molar-refractivity contribution in [2.75, 3.05) is 19.8 Å². The third kappa shape index (κ3) is 5.41. The standard InChI is InChI=1S/C38H56O11/c1-19(2)20(3)31(44)34-37(46,9-11-40)33-28(49-34)18-38(47)25-16-26(43)30-29(21-13-22(41)15-23(42)14-21)32(45)27(48-12-6-10-39)17-35(30,4)24(25)7-8-36(33,38)5/h13-16,19-20,24,27-34,39-42,44-47H,6-12,17-18H2,1-5H3. The van der Waals surface area contributed by atoms with Gasteiger partial charge in [0.25, 0.3) is 0 Å². The van der Waals surface area contributed by atoms with Crippen LogP contribution in [0.4, 0.5) is 0 Å². The monoisotopic (exact) mass is 688 g/mol. The zero-order valence-corrected chi connectivity index (χ0v) is 29.3. The highest BCUT2D eigenvalue weighted by atomic mass is 16.5. The number of aliphatic hydroxyl groups excluding tert-OH is 4. The van der Waals surface area contributed by atoms with Crippen LogP contribution < -0.4 is 0 Å². The first-order valence-corrected chi connectivity index (χ1v) is 18.1. The molecule has 49 heavy (non-hydrogen) atoms. The Bertz CT molecular complexity index is 1430. The molecule has 11 heteroatoms. The second-order valence-corrected chi connectivity index (χ2v) is 16.7. The summed E-state index contributed by atoms with van der Waals surface area (Å²) >= 11 is 0. The molecule has 4 fully saturated rings. The van der Waals surface area contributed by atoms with Crippen molar-refractivity contribution in [3.8, 4) is 11.5 Å². The molecular formula is C38H56O11. The Morgan fingerprint density at radius 2 is 1.69 bits per heavy atom. The summed E-state index contributed by atoms with van der Waals surface area (Å²) in [5.74, 6) is -3.29. The van der Waals surface area contributed by atoms with Crippen LogP contribution in [0, 0.1) is 40.4 Å². The number of hydrogen-bond acceptors (Lipinski definition) is 11. The fraction of sp³-hybridized carbons (Fsp3) is 0.763. The lowest BCUT2D eigenvalue weighted by Crippen LogP contribution is -2.65. The largest absolute Gasteiger partial charge is 0.508 e. The van der Waals surface area contributed by atoms with Crippen LogP contribution in [0.5, 0.6) is 11.5 Å². The molecule has 0 radical (unpaired) electrons. The van der Waals surface area contributed by atoms with E-state index in [0.29, 0.717) is 36.8 Å². The molecule has 0 aromatic heterocycles. The molecule has 14 atom stereocenters. The molecule has 11 nitrogen and oxygen atoms in total. The molecule has 1 saturated heterocycles. The van der Waals surface area contributed by atoms with Crippen molar-refractivity contribution in [3.63, 3.8) is 0 Å². The Kier molecular flexibility index (Phi) is 9.62. The average molecular weight is 689 g/mol. The van der Waals surface area contributed by atoms with Gasteiger partial charge in [-0.15, -0.1) is 0 Å². The summed E-state index contributed by atoms with van der Waals surface area (Å²) in [5, 5.41) is 89.0. The Morgan fingerprint density at radius 3 is 2.31 bits per heavy atom. The number of phenolic OH excluding ortho intramolecular Hbond substituents is 2. The molecule has 3 saturated carbocycles. The van der Waals surface area contributed by atoms with Crippen molar-refractivity contribution >= 4 is 5.78 Å². The third-order valence-electron chi connectivity index (χ3n) is 13.9. The Labute approximate surface area is 288 Å². The maximum Gasteiger partial charge on any atom is 0.160 e. The number of hydrogen-bond donors (Lipinski definition) is 8. The zero-order chi connectivity index (χ0) is 35.8. The van der Waals surface area contributed by atoms with Gasteiger partial charge < -0.3 is 50.3 Å². The normalized spacial score (nSPS) is 44.2. The van der Waals surface area contributed by atoms with Crippen LogP contribution in [-0.2, 0) is 14.3 Å². The van der Waals surface area contributed by atoms with Crippen LogP contribution in [0.15, 0.2) is 29.8 Å². The van der Waals surface area contributed by atoms with Crippen LogP contribution in [0.2, 0.25) is 0 Å². The average Bonchev–Trinajstić information content (AvgIpc) is 3.44. The fourth-order valence-electron chi connectivity index (χ4n) is 11.2. The van der Waals surface area contributed by atoms with Gasteiger partial charge in [-0.2, -0.15) is 0 Å². The predicted octanol–water partition coefficient (Wildman–Crippen LogP) is 2.55. The number of fused-ring (bicyclic) bond motifs is 7. The van der Waals surface area contributed by atoms with E-state index in [1.165, 1.54) is 24.3 Å². The van der Waals surface area contributed by atoms with Gasteiger partial charge in [-0.1, -0.05) is 34.6 Å². The molecule has 1 aliphatic heterocycles. The molecular weight excluding hydrogens is 632 g/mol. The van der Waals surface area contributed by atoms with Gasteiger partial charge in [-0.25, -0.2) is 0 Å². The smallest absolute Gasteiger partial charge is 0.160 e. The Balaban J connectivity index is 1.42. The lowest BCUT2D eigenvalue weighted by molar-refractivity contribution is -0.187. The van der Waals surface area contributed by atoms with Crippen LogP contribution in [0.25, 0.3) is 0 Å². The van der Waals surface area contributed by atoms with Crippen molar-refractivity contribution < 1.29 is 55.1 Å². The van der Waals surface area contributed by atoms with E-state index in [1.807, 2.05) is 34.6 Å². The minimum Gasteiger partial charge on any atom is -0.508 e. The number of allylic oxidation sites excluding steroid dienone is 1. The first-order valence-electron chi connectivity index (χ1n) is 18.1. The number of phenols is 2. The quantitative estimate of drug-likeness (QED) is 0.168. The van der Waals surface area contributed by atoms with Crippen LogP contribution in [0.1, 0.15) is 84.6 Å². The van der Waals surface area contributed by atoms with Gasteiger partial charge in [0.2, 0.25) is 0 Å². The summed E-state index contributed by atoms with van der Waals surface area (Å²) in [7, 11) is 0. The van der Waals surface area contributed by atoms with E-state index >= 15 is 0 Å². The molecule has 5 aliphatic rings. The second kappa shape index (κ2) is 12.8. The number of carbonyl (C=O) groups is 1. The Morgan fingerprint density at radius 1 is 1.02 bits per heavy atom. The number of aromatic hydroxyl groups is 2. The SMILES string of the molecule is CC(C)C(C)C(O)C1OC2CC3(O)C4=CC(=O)C5C(c6cc(O)cc(O)c6)C(O)C(OCCCO)CC5(C)C4CCC3(C)C2C1(O)CCO. The van der Waals surface area contributed by atoms with Gasteiger partial charge in [-0.05, 0) is 78.2 Å². The van der Waals surface area contributed by atoms with E-state index in [2.05, 4.69) is 0 Å². The first-order chi connectivity index (χ1) is 23.0. The van der Waals surface area contributed by atoms with E-state index in [4.69, 9.17) is 9.47 Å². The topological polar surface area (TPSA) is 197 Å². The first kappa shape index (κ1) is 36.7. The van der Waals surface area contributed by atoms with Crippen LogP contribution in [-0.4, -0.2) is 108 Å². The molecule has 1 heterocycles. The molecule has 4 aliphatic carbocycles. The van der Waals surface area contributed by atoms with E-state index < -0.39 is 70.3 Å². The van der Waals surface area contributed by atoms with Crippen LogP contribution in [0.3, 0.4) is 0 Å². The molecule has 1 aromatic carbocycles. The van der Waals surface area contributed by atoms with E-state index in [1.54, 1.807) is 0 Å². The van der Waals surface area contributed by atoms with Gasteiger partial charge in [0.05, 0.1) is 30.0 Å². The minimum atomic E-state index is -1.62. The molecule has 0 bridgehead atoms. The molecule has 14 unspecified atom stereocenters. The molecule has 6 rings (SSSR count). The lowest BCUT2D eigenvalue weighted by atomic mass is 9.43. The van der Waals surface area contributed by atoms with Gasteiger partial charge in [-0.3, -0.25) is 4.79 Å². The third-order valence-corrected chi connectivity index (χ3v) is 13.9. The van der Waals surface area contributed by atoms with E-state index in [0.717, 1.165) is 0 Å². The predicted molar refractivity (Wildman–Crippen MR) is 178 cm³/mol. The van der Waals surface area contributed by atoms with Crippen molar-refractivity contribution in [2.45, 2.75) is 121 Å². The second-order valence-electron chi connectivity index (χ2n) is 16.7. The van der Waals surface area contributed by atoms with Crippen molar-refractivity contribution in [3.05, 3.63) is 35.4 Å². The summed E-state index contributed by atoms with van der Waals surface area (Å²) < 4.78 is 12.7. The van der Waals surface area contributed by atoms with Crippen LogP contribution >= 0.6 is 0 Å². The molecule has 0 amide bonds. The number of rotatable bonds is 10. The number of carbonyl (C=O) groups excluding carboxylic acids is 1. The lowest BCUT2D eigenvalue weighted by Gasteiger charge is -2.62. The number of benzene rings is 1. The Hall–Kier alpha value is -2.09. The maximum atomic E-state index is 14.5. The summed E-state index contributed by atoms with van der Waals surface area (Å²) in [6, 6.07) is 4.09. The van der Waals surface area contributed by atoms with Gasteiger partial charge in [0.1, 0.15) is 23.2 Å². The maximum absolute atomic E-state index is 14.5.